The number of alkyl halides is 2. The molecule has 4 heteroatoms. The van der Waals surface area contributed by atoms with Crippen LogP contribution in [0.1, 0.15) is 32.5 Å². The molecule has 0 aliphatic carbocycles. The minimum absolute atomic E-state index is 0.0704. The van der Waals surface area contributed by atoms with Gasteiger partial charge in [-0.25, -0.2) is 0 Å². The third-order valence-electron chi connectivity index (χ3n) is 2.52. The predicted octanol–water partition coefficient (Wildman–Crippen LogP) is 3.73. The molecule has 0 aliphatic heterocycles. The smallest absolute Gasteiger partial charge is 0.262 e. The van der Waals surface area contributed by atoms with E-state index in [4.69, 9.17) is 0 Å². The van der Waals surface area contributed by atoms with Crippen LogP contribution in [0.2, 0.25) is 0 Å². The van der Waals surface area contributed by atoms with Gasteiger partial charge in [0.15, 0.2) is 0 Å². The zero-order chi connectivity index (χ0) is 11.9. The Balaban J connectivity index is 2.77. The van der Waals surface area contributed by atoms with E-state index < -0.39 is 5.92 Å². The molecule has 0 fully saturated rings. The highest BCUT2D eigenvalue weighted by atomic mass is 19.3. The van der Waals surface area contributed by atoms with Crippen molar-refractivity contribution in [2.75, 3.05) is 0 Å². The maximum absolute atomic E-state index is 13.4. The van der Waals surface area contributed by atoms with Gasteiger partial charge in [-0.2, -0.15) is 13.9 Å². The van der Waals surface area contributed by atoms with Crippen LogP contribution in [0.5, 0.6) is 0 Å². The fourth-order valence-electron chi connectivity index (χ4n) is 1.81. The number of para-hydroxylation sites is 1. The molecule has 16 heavy (non-hydrogen) atoms. The fourth-order valence-corrected chi connectivity index (χ4v) is 1.81. The lowest BCUT2D eigenvalue weighted by atomic mass is 10.1. The minimum atomic E-state index is -2.90. The molecule has 0 aliphatic rings. The SMILES string of the molecule is CC(C)n1nc(C(C)(F)F)c2ccccc21. The van der Waals surface area contributed by atoms with E-state index in [2.05, 4.69) is 5.10 Å². The first-order chi connectivity index (χ1) is 7.41. The average molecular weight is 224 g/mol. The first kappa shape index (κ1) is 11.0. The summed E-state index contributed by atoms with van der Waals surface area (Å²) >= 11 is 0. The van der Waals surface area contributed by atoms with E-state index in [0.29, 0.717) is 5.39 Å². The van der Waals surface area contributed by atoms with Crippen molar-refractivity contribution in [1.82, 2.24) is 9.78 Å². The summed E-state index contributed by atoms with van der Waals surface area (Å²) in [5.74, 6) is -2.90. The summed E-state index contributed by atoms with van der Waals surface area (Å²) in [4.78, 5) is 0. The van der Waals surface area contributed by atoms with Crippen LogP contribution < -0.4 is 0 Å². The van der Waals surface area contributed by atoms with Crippen LogP contribution in [0.15, 0.2) is 24.3 Å². The van der Waals surface area contributed by atoms with Crippen LogP contribution in [-0.4, -0.2) is 9.78 Å². The van der Waals surface area contributed by atoms with E-state index in [1.165, 1.54) is 0 Å². The van der Waals surface area contributed by atoms with Crippen LogP contribution in [0.3, 0.4) is 0 Å². The maximum Gasteiger partial charge on any atom is 0.289 e. The quantitative estimate of drug-likeness (QED) is 0.760. The van der Waals surface area contributed by atoms with E-state index in [-0.39, 0.29) is 11.7 Å². The molecule has 0 saturated carbocycles. The summed E-state index contributed by atoms with van der Waals surface area (Å²) in [6.45, 7) is 4.74. The number of benzene rings is 1. The average Bonchev–Trinajstić information content (AvgIpc) is 2.56. The van der Waals surface area contributed by atoms with Gasteiger partial charge < -0.3 is 0 Å². The molecule has 2 nitrogen and oxygen atoms in total. The fraction of sp³-hybridized carbons (Fsp3) is 0.417. The third-order valence-corrected chi connectivity index (χ3v) is 2.52. The van der Waals surface area contributed by atoms with Gasteiger partial charge in [0.25, 0.3) is 5.92 Å². The molecule has 0 amide bonds. The number of rotatable bonds is 2. The highest BCUT2D eigenvalue weighted by Crippen LogP contribution is 2.33. The topological polar surface area (TPSA) is 17.8 Å². The van der Waals surface area contributed by atoms with Gasteiger partial charge in [0.2, 0.25) is 0 Å². The van der Waals surface area contributed by atoms with Gasteiger partial charge in [0.1, 0.15) is 5.69 Å². The highest BCUT2D eigenvalue weighted by molar-refractivity contribution is 5.82. The summed E-state index contributed by atoms with van der Waals surface area (Å²) in [5.41, 5.74) is 0.617. The summed E-state index contributed by atoms with van der Waals surface area (Å²) in [6.07, 6.45) is 0. The molecule has 0 bridgehead atoms. The molecule has 86 valence electrons. The highest BCUT2D eigenvalue weighted by Gasteiger charge is 2.31. The Morgan fingerprint density at radius 3 is 2.44 bits per heavy atom. The lowest BCUT2D eigenvalue weighted by Crippen LogP contribution is -2.10. The van der Waals surface area contributed by atoms with Crippen molar-refractivity contribution in [2.45, 2.75) is 32.7 Å². The van der Waals surface area contributed by atoms with E-state index in [1.807, 2.05) is 26.0 Å². The van der Waals surface area contributed by atoms with Crippen LogP contribution in [0.25, 0.3) is 10.9 Å². The van der Waals surface area contributed by atoms with E-state index in [1.54, 1.807) is 16.8 Å². The summed E-state index contributed by atoms with van der Waals surface area (Å²) in [6, 6.07) is 7.16. The monoisotopic (exact) mass is 224 g/mol. The zero-order valence-electron chi connectivity index (χ0n) is 9.54. The molecule has 2 rings (SSSR count). The molecule has 0 saturated heterocycles. The maximum atomic E-state index is 13.4. The largest absolute Gasteiger partial charge is 0.289 e. The molecular formula is C12H14F2N2. The molecule has 1 aromatic carbocycles. The second-order valence-corrected chi connectivity index (χ2v) is 4.29. The summed E-state index contributed by atoms with van der Waals surface area (Å²) in [7, 11) is 0. The van der Waals surface area contributed by atoms with Crippen molar-refractivity contribution in [3.8, 4) is 0 Å². The van der Waals surface area contributed by atoms with Gasteiger partial charge in [0, 0.05) is 18.4 Å². The van der Waals surface area contributed by atoms with Crippen molar-refractivity contribution < 1.29 is 8.78 Å². The molecule has 0 atom stereocenters. The number of fused-ring (bicyclic) bond motifs is 1. The second-order valence-electron chi connectivity index (χ2n) is 4.29. The molecule has 2 aromatic rings. The van der Waals surface area contributed by atoms with Gasteiger partial charge in [-0.15, -0.1) is 0 Å². The number of aromatic nitrogens is 2. The predicted molar refractivity (Wildman–Crippen MR) is 59.7 cm³/mol. The van der Waals surface area contributed by atoms with Gasteiger partial charge in [-0.1, -0.05) is 18.2 Å². The molecule has 0 N–H and O–H groups in total. The van der Waals surface area contributed by atoms with Crippen molar-refractivity contribution in [3.63, 3.8) is 0 Å². The van der Waals surface area contributed by atoms with Gasteiger partial charge >= 0.3 is 0 Å². The van der Waals surface area contributed by atoms with E-state index >= 15 is 0 Å². The lowest BCUT2D eigenvalue weighted by molar-refractivity contribution is 0.0134. The van der Waals surface area contributed by atoms with E-state index in [9.17, 15) is 8.78 Å². The lowest BCUT2D eigenvalue weighted by Gasteiger charge is -2.07. The Bertz CT molecular complexity index is 509. The van der Waals surface area contributed by atoms with Crippen molar-refractivity contribution in [1.29, 1.82) is 0 Å². The second kappa shape index (κ2) is 3.54. The Morgan fingerprint density at radius 1 is 1.25 bits per heavy atom. The summed E-state index contributed by atoms with van der Waals surface area (Å²) < 4.78 is 28.4. The molecule has 0 spiro atoms. The van der Waals surface area contributed by atoms with E-state index in [0.717, 1.165) is 12.4 Å². The van der Waals surface area contributed by atoms with Crippen molar-refractivity contribution in [2.24, 2.45) is 0 Å². The Hall–Kier alpha value is -1.45. The first-order valence-electron chi connectivity index (χ1n) is 5.27. The van der Waals surface area contributed by atoms with Gasteiger partial charge in [-0.3, -0.25) is 4.68 Å². The Morgan fingerprint density at radius 2 is 1.88 bits per heavy atom. The number of halogens is 2. The molecule has 0 radical (unpaired) electrons. The van der Waals surface area contributed by atoms with Crippen molar-refractivity contribution >= 4 is 10.9 Å². The molecule has 1 heterocycles. The third kappa shape index (κ3) is 1.68. The number of hydrogen-bond acceptors (Lipinski definition) is 1. The van der Waals surface area contributed by atoms with Crippen molar-refractivity contribution in [3.05, 3.63) is 30.0 Å². The number of nitrogens with zero attached hydrogens (tertiary/aromatic N) is 2. The normalized spacial score (nSPS) is 12.6. The first-order valence-corrected chi connectivity index (χ1v) is 5.27. The molecular weight excluding hydrogens is 210 g/mol. The van der Waals surface area contributed by atoms with Crippen LogP contribution in [-0.2, 0) is 5.92 Å². The summed E-state index contributed by atoms with van der Waals surface area (Å²) in [5, 5.41) is 4.56. The molecule has 0 unspecified atom stereocenters. The zero-order valence-corrected chi connectivity index (χ0v) is 9.54. The van der Waals surface area contributed by atoms with Crippen LogP contribution in [0, 0.1) is 0 Å². The van der Waals surface area contributed by atoms with Gasteiger partial charge in [-0.05, 0) is 19.9 Å². The Kier molecular flexibility index (Phi) is 2.45. The standard InChI is InChI=1S/C12H14F2N2/c1-8(2)16-10-7-5-4-6-9(10)11(15-16)12(3,13)14/h4-8H,1-3H3. The number of hydrogen-bond donors (Lipinski definition) is 0. The molecule has 1 aromatic heterocycles. The van der Waals surface area contributed by atoms with Crippen LogP contribution in [0.4, 0.5) is 8.78 Å². The minimum Gasteiger partial charge on any atom is -0.262 e. The van der Waals surface area contributed by atoms with Gasteiger partial charge in [0.05, 0.1) is 5.52 Å². The Labute approximate surface area is 92.9 Å². The van der Waals surface area contributed by atoms with Crippen LogP contribution >= 0.6 is 0 Å².